The molecule has 4 rings (SSSR count). The molecule has 0 aliphatic carbocycles. The lowest BCUT2D eigenvalue weighted by atomic mass is 10.1. The molecule has 1 N–H and O–H groups in total. The fourth-order valence-corrected chi connectivity index (χ4v) is 4.05. The van der Waals surface area contributed by atoms with Gasteiger partial charge in [-0.2, -0.15) is 0 Å². The Kier molecular flexibility index (Phi) is 6.98. The van der Waals surface area contributed by atoms with Crippen LogP contribution in [0.3, 0.4) is 0 Å². The topological polar surface area (TPSA) is 54.7 Å². The fraction of sp³-hybridized carbons (Fsp3) is 0.417. The van der Waals surface area contributed by atoms with Crippen molar-refractivity contribution in [1.82, 2.24) is 19.8 Å². The number of para-hydroxylation sites is 2. The minimum atomic E-state index is 0.560. The molecule has 1 saturated heterocycles. The van der Waals surface area contributed by atoms with Crippen molar-refractivity contribution in [3.05, 3.63) is 66.5 Å². The molecule has 1 aromatic heterocycles. The zero-order valence-electron chi connectivity index (χ0n) is 17.7. The second-order valence-electron chi connectivity index (χ2n) is 7.86. The number of likely N-dealkylation sites (tertiary alicyclic amines) is 1. The molecule has 2 aromatic carbocycles. The summed E-state index contributed by atoms with van der Waals surface area (Å²) in [5, 5.41) is 3.53. The van der Waals surface area contributed by atoms with Crippen LogP contribution in [0, 0.1) is 5.92 Å². The van der Waals surface area contributed by atoms with Crippen molar-refractivity contribution in [2.75, 3.05) is 33.3 Å². The Labute approximate surface area is 178 Å². The lowest BCUT2D eigenvalue weighted by Crippen LogP contribution is -2.40. The molecule has 1 aliphatic rings. The Morgan fingerprint density at radius 2 is 2.00 bits per heavy atom. The molecule has 1 fully saturated rings. The number of imidazole rings is 1. The molecule has 0 radical (unpaired) electrons. The van der Waals surface area contributed by atoms with Gasteiger partial charge >= 0.3 is 0 Å². The van der Waals surface area contributed by atoms with Crippen molar-refractivity contribution >= 4 is 17.0 Å². The Morgan fingerprint density at radius 1 is 1.17 bits per heavy atom. The van der Waals surface area contributed by atoms with Gasteiger partial charge in [-0.1, -0.05) is 42.5 Å². The first kappa shape index (κ1) is 20.4. The molecule has 0 saturated carbocycles. The van der Waals surface area contributed by atoms with Crippen LogP contribution in [0.5, 0.6) is 0 Å². The Bertz CT molecular complexity index is 952. The van der Waals surface area contributed by atoms with E-state index in [1.807, 2.05) is 25.5 Å². The van der Waals surface area contributed by atoms with E-state index in [4.69, 9.17) is 4.74 Å². The van der Waals surface area contributed by atoms with E-state index in [1.54, 1.807) is 0 Å². The van der Waals surface area contributed by atoms with Gasteiger partial charge < -0.3 is 19.5 Å². The molecule has 158 valence electrons. The van der Waals surface area contributed by atoms with E-state index in [9.17, 15) is 0 Å². The first-order valence-corrected chi connectivity index (χ1v) is 10.8. The van der Waals surface area contributed by atoms with Gasteiger partial charge in [0.2, 0.25) is 0 Å². The highest BCUT2D eigenvalue weighted by Crippen LogP contribution is 2.17. The molecule has 6 heteroatoms. The SMILES string of the molecule is CN=C(NCCCn1cnc2ccccc21)N1CCC(COCc2ccccc2)C1. The lowest BCUT2D eigenvalue weighted by molar-refractivity contribution is 0.0907. The summed E-state index contributed by atoms with van der Waals surface area (Å²) in [4.78, 5) is 11.3. The summed E-state index contributed by atoms with van der Waals surface area (Å²) in [6.45, 7) is 5.36. The van der Waals surface area contributed by atoms with Crippen LogP contribution < -0.4 is 5.32 Å². The second kappa shape index (κ2) is 10.3. The largest absolute Gasteiger partial charge is 0.376 e. The zero-order valence-corrected chi connectivity index (χ0v) is 17.7. The minimum absolute atomic E-state index is 0.560. The Hall–Kier alpha value is -2.86. The average Bonchev–Trinajstić information content (AvgIpc) is 3.42. The van der Waals surface area contributed by atoms with Crippen molar-refractivity contribution in [1.29, 1.82) is 0 Å². The molecule has 3 aromatic rings. The van der Waals surface area contributed by atoms with Crippen LogP contribution in [0.25, 0.3) is 11.0 Å². The zero-order chi connectivity index (χ0) is 20.6. The summed E-state index contributed by atoms with van der Waals surface area (Å²) < 4.78 is 8.16. The van der Waals surface area contributed by atoms with Gasteiger partial charge in [0.05, 0.1) is 30.6 Å². The third kappa shape index (κ3) is 5.19. The van der Waals surface area contributed by atoms with Crippen LogP contribution in [0.1, 0.15) is 18.4 Å². The summed E-state index contributed by atoms with van der Waals surface area (Å²) in [5.41, 5.74) is 3.48. The van der Waals surface area contributed by atoms with Gasteiger partial charge in [-0.05, 0) is 30.5 Å². The summed E-state index contributed by atoms with van der Waals surface area (Å²) in [5.74, 6) is 1.56. The van der Waals surface area contributed by atoms with E-state index in [0.717, 1.165) is 57.1 Å². The Morgan fingerprint density at radius 3 is 2.87 bits per heavy atom. The third-order valence-electron chi connectivity index (χ3n) is 5.65. The minimum Gasteiger partial charge on any atom is -0.376 e. The molecule has 0 bridgehead atoms. The van der Waals surface area contributed by atoms with Crippen LogP contribution in [0.4, 0.5) is 0 Å². The van der Waals surface area contributed by atoms with Crippen molar-refractivity contribution in [2.24, 2.45) is 10.9 Å². The molecule has 1 aliphatic heterocycles. The smallest absolute Gasteiger partial charge is 0.193 e. The number of nitrogens with zero attached hydrogens (tertiary/aromatic N) is 4. The number of fused-ring (bicyclic) bond motifs is 1. The molecule has 1 unspecified atom stereocenters. The van der Waals surface area contributed by atoms with Crippen LogP contribution in [-0.2, 0) is 17.9 Å². The van der Waals surface area contributed by atoms with Crippen molar-refractivity contribution in [2.45, 2.75) is 26.0 Å². The lowest BCUT2D eigenvalue weighted by Gasteiger charge is -2.22. The van der Waals surface area contributed by atoms with E-state index >= 15 is 0 Å². The van der Waals surface area contributed by atoms with Gasteiger partial charge in [-0.25, -0.2) is 4.98 Å². The number of aryl methyl sites for hydroxylation is 1. The second-order valence-corrected chi connectivity index (χ2v) is 7.86. The van der Waals surface area contributed by atoms with Crippen LogP contribution >= 0.6 is 0 Å². The highest BCUT2D eigenvalue weighted by Gasteiger charge is 2.24. The predicted octanol–water partition coefficient (Wildman–Crippen LogP) is 3.54. The molecule has 30 heavy (non-hydrogen) atoms. The van der Waals surface area contributed by atoms with Gasteiger partial charge in [0.25, 0.3) is 0 Å². The third-order valence-corrected chi connectivity index (χ3v) is 5.65. The van der Waals surface area contributed by atoms with E-state index in [1.165, 1.54) is 11.1 Å². The number of guanidine groups is 1. The van der Waals surface area contributed by atoms with Crippen LogP contribution in [0.2, 0.25) is 0 Å². The standard InChI is InChI=1S/C24H31N5O/c1-25-24(26-13-7-14-29-19-27-22-10-5-6-11-23(22)29)28-15-12-21(16-28)18-30-17-20-8-3-2-4-9-20/h2-6,8-11,19,21H,7,12-18H2,1H3,(H,25,26). The van der Waals surface area contributed by atoms with Gasteiger partial charge in [0.1, 0.15) is 0 Å². The van der Waals surface area contributed by atoms with Crippen molar-refractivity contribution < 1.29 is 4.74 Å². The van der Waals surface area contributed by atoms with E-state index in [2.05, 4.69) is 67.2 Å². The van der Waals surface area contributed by atoms with Gasteiger partial charge in [0.15, 0.2) is 5.96 Å². The number of aromatic nitrogens is 2. The number of ether oxygens (including phenoxy) is 1. The summed E-state index contributed by atoms with van der Waals surface area (Å²) in [7, 11) is 1.87. The van der Waals surface area contributed by atoms with E-state index < -0.39 is 0 Å². The van der Waals surface area contributed by atoms with Crippen molar-refractivity contribution in [3.8, 4) is 0 Å². The summed E-state index contributed by atoms with van der Waals surface area (Å²) in [6, 6.07) is 18.6. The normalized spacial score (nSPS) is 17.0. The van der Waals surface area contributed by atoms with Crippen LogP contribution in [0.15, 0.2) is 65.9 Å². The maximum atomic E-state index is 5.94. The summed E-state index contributed by atoms with van der Waals surface area (Å²) in [6.07, 6.45) is 4.10. The fourth-order valence-electron chi connectivity index (χ4n) is 4.05. The number of benzene rings is 2. The molecule has 0 amide bonds. The van der Waals surface area contributed by atoms with Crippen molar-refractivity contribution in [3.63, 3.8) is 0 Å². The average molecular weight is 406 g/mol. The maximum absolute atomic E-state index is 5.94. The van der Waals surface area contributed by atoms with Gasteiger partial charge in [-0.3, -0.25) is 4.99 Å². The number of nitrogens with one attached hydrogen (secondary N) is 1. The molecule has 0 spiro atoms. The molecule has 6 nitrogen and oxygen atoms in total. The number of hydrogen-bond acceptors (Lipinski definition) is 3. The maximum Gasteiger partial charge on any atom is 0.193 e. The molecule has 1 atom stereocenters. The monoisotopic (exact) mass is 405 g/mol. The first-order valence-electron chi connectivity index (χ1n) is 10.8. The first-order chi connectivity index (χ1) is 14.8. The van der Waals surface area contributed by atoms with E-state index in [0.29, 0.717) is 12.5 Å². The van der Waals surface area contributed by atoms with E-state index in [-0.39, 0.29) is 0 Å². The summed E-state index contributed by atoms with van der Waals surface area (Å²) >= 11 is 0. The number of rotatable bonds is 8. The molecular weight excluding hydrogens is 374 g/mol. The molecule has 2 heterocycles. The highest BCUT2D eigenvalue weighted by atomic mass is 16.5. The highest BCUT2D eigenvalue weighted by molar-refractivity contribution is 5.80. The van der Waals surface area contributed by atoms with Gasteiger partial charge in [-0.15, -0.1) is 0 Å². The van der Waals surface area contributed by atoms with Gasteiger partial charge in [0, 0.05) is 39.1 Å². The number of hydrogen-bond donors (Lipinski definition) is 1. The van der Waals surface area contributed by atoms with Crippen LogP contribution in [-0.4, -0.2) is 53.7 Å². The number of aliphatic imine (C=N–C) groups is 1. The predicted molar refractivity (Wildman–Crippen MR) is 121 cm³/mol. The quantitative estimate of drug-likeness (QED) is 0.354. The molecular formula is C24H31N5O. The Balaban J connectivity index is 1.17.